The van der Waals surface area contributed by atoms with E-state index in [2.05, 4.69) is 0 Å². The third-order valence-corrected chi connectivity index (χ3v) is 2.26. The lowest BCUT2D eigenvalue weighted by atomic mass is 10.0. The molecule has 0 radical (unpaired) electrons. The van der Waals surface area contributed by atoms with E-state index in [1.54, 1.807) is 0 Å². The quantitative estimate of drug-likeness (QED) is 0.430. The van der Waals surface area contributed by atoms with Crippen molar-refractivity contribution in [2.24, 2.45) is 0 Å². The molecule has 0 aromatic rings. The smallest absolute Gasteiger partial charge is 0.460 e. The largest absolute Gasteiger partial charge is 0.481 e. The predicted octanol–water partition coefficient (Wildman–Crippen LogP) is 4.27. The van der Waals surface area contributed by atoms with Crippen LogP contribution in [0.25, 0.3) is 0 Å². The predicted molar refractivity (Wildman–Crippen MR) is 51.5 cm³/mol. The fourth-order valence-electron chi connectivity index (χ4n) is 1.09. The van der Waals surface area contributed by atoms with E-state index in [4.69, 9.17) is 5.11 Å². The van der Waals surface area contributed by atoms with Crippen LogP contribution >= 0.6 is 0 Å². The second-order valence-electron chi connectivity index (χ2n) is 3.96. The number of halogens is 9. The molecule has 124 valence electrons. The Morgan fingerprint density at radius 1 is 0.905 bits per heavy atom. The summed E-state index contributed by atoms with van der Waals surface area (Å²) >= 11 is 0. The van der Waals surface area contributed by atoms with Gasteiger partial charge in [-0.3, -0.25) is 4.79 Å². The highest BCUT2D eigenvalue weighted by molar-refractivity contribution is 5.66. The third-order valence-electron chi connectivity index (χ3n) is 2.26. The van der Waals surface area contributed by atoms with Gasteiger partial charge >= 0.3 is 29.9 Å². The minimum Gasteiger partial charge on any atom is -0.481 e. The average molecular weight is 332 g/mol. The molecule has 0 bridgehead atoms. The molecule has 0 aliphatic carbocycles. The van der Waals surface area contributed by atoms with E-state index >= 15 is 0 Å². The van der Waals surface area contributed by atoms with E-state index in [0.29, 0.717) is 0 Å². The van der Waals surface area contributed by atoms with Gasteiger partial charge in [-0.1, -0.05) is 6.08 Å². The Morgan fingerprint density at radius 2 is 1.38 bits per heavy atom. The summed E-state index contributed by atoms with van der Waals surface area (Å²) in [5, 5.41) is 8.18. The summed E-state index contributed by atoms with van der Waals surface area (Å²) in [5.41, 5.74) is 0. The van der Waals surface area contributed by atoms with E-state index < -0.39 is 48.8 Å². The minimum atomic E-state index is -6.92. The molecule has 0 saturated heterocycles. The van der Waals surface area contributed by atoms with Crippen molar-refractivity contribution in [3.05, 3.63) is 12.2 Å². The maximum atomic E-state index is 12.9. The normalized spacial score (nSPS) is 14.7. The number of unbranched alkanes of at least 4 members (excludes halogenated alkanes) is 1. The van der Waals surface area contributed by atoms with Crippen molar-refractivity contribution in [3.8, 4) is 0 Å². The van der Waals surface area contributed by atoms with Gasteiger partial charge in [-0.25, -0.2) is 0 Å². The Hall–Kier alpha value is -1.42. The van der Waals surface area contributed by atoms with Crippen LogP contribution in [-0.2, 0) is 4.79 Å². The summed E-state index contributed by atoms with van der Waals surface area (Å²) in [4.78, 5) is 10.0. The van der Waals surface area contributed by atoms with Gasteiger partial charge in [-0.05, 0) is 18.9 Å². The van der Waals surface area contributed by atoms with Gasteiger partial charge in [0.2, 0.25) is 0 Å². The molecule has 0 amide bonds. The molecular weight excluding hydrogens is 323 g/mol. The lowest BCUT2D eigenvalue weighted by Gasteiger charge is -2.32. The van der Waals surface area contributed by atoms with Gasteiger partial charge in [0.15, 0.2) is 0 Å². The lowest BCUT2D eigenvalue weighted by Crippen LogP contribution is -2.60. The number of allylic oxidation sites excluding steroid dienone is 2. The number of carbonyl (C=O) groups is 1. The minimum absolute atomic E-state index is 0.226. The monoisotopic (exact) mass is 332 g/mol. The van der Waals surface area contributed by atoms with E-state index in [1.807, 2.05) is 0 Å². The van der Waals surface area contributed by atoms with Gasteiger partial charge in [-0.2, -0.15) is 39.5 Å². The number of alkyl halides is 9. The summed E-state index contributed by atoms with van der Waals surface area (Å²) in [6.45, 7) is 0. The number of aliphatic carboxylic acids is 1. The van der Waals surface area contributed by atoms with E-state index in [1.165, 1.54) is 0 Å². The van der Waals surface area contributed by atoms with Crippen LogP contribution in [0.1, 0.15) is 19.3 Å². The fraction of sp³-hybridized carbons (Fsp3) is 0.700. The molecule has 0 aromatic heterocycles. The average Bonchev–Trinajstić information content (AvgIpc) is 2.25. The molecule has 1 N–H and O–H groups in total. The van der Waals surface area contributed by atoms with Crippen LogP contribution < -0.4 is 0 Å². The highest BCUT2D eigenvalue weighted by Crippen LogP contribution is 2.53. The first-order valence-electron chi connectivity index (χ1n) is 5.26. The molecule has 11 heteroatoms. The maximum Gasteiger partial charge on any atom is 0.460 e. The van der Waals surface area contributed by atoms with Crippen LogP contribution in [0.3, 0.4) is 0 Å². The topological polar surface area (TPSA) is 37.3 Å². The zero-order valence-electron chi connectivity index (χ0n) is 10.0. The molecule has 0 rings (SSSR count). The van der Waals surface area contributed by atoms with E-state index in [9.17, 15) is 44.3 Å². The van der Waals surface area contributed by atoms with Crippen LogP contribution in [0.15, 0.2) is 12.2 Å². The van der Waals surface area contributed by atoms with Crippen LogP contribution in [0.2, 0.25) is 0 Å². The van der Waals surface area contributed by atoms with Gasteiger partial charge in [0, 0.05) is 6.42 Å². The van der Waals surface area contributed by atoms with Crippen molar-refractivity contribution in [1.82, 2.24) is 0 Å². The van der Waals surface area contributed by atoms with Gasteiger partial charge in [0.1, 0.15) is 0 Å². The number of rotatable bonds is 7. The second kappa shape index (κ2) is 6.14. The maximum absolute atomic E-state index is 12.9. The summed E-state index contributed by atoms with van der Waals surface area (Å²) in [6, 6.07) is 0. The molecule has 0 spiro atoms. The summed E-state index contributed by atoms with van der Waals surface area (Å²) in [6.07, 6.45) is -8.70. The molecule has 21 heavy (non-hydrogen) atoms. The molecule has 0 aromatic carbocycles. The van der Waals surface area contributed by atoms with Crippen molar-refractivity contribution in [3.63, 3.8) is 0 Å². The van der Waals surface area contributed by atoms with Crippen molar-refractivity contribution < 1.29 is 49.4 Å². The Bertz CT molecular complexity index is 398. The van der Waals surface area contributed by atoms with Gasteiger partial charge in [-0.15, -0.1) is 0 Å². The van der Waals surface area contributed by atoms with Crippen LogP contribution in [0.5, 0.6) is 0 Å². The van der Waals surface area contributed by atoms with Crippen LogP contribution in [-0.4, -0.2) is 35.0 Å². The molecule has 0 aliphatic heterocycles. The van der Waals surface area contributed by atoms with Gasteiger partial charge < -0.3 is 5.11 Å². The SMILES string of the molecule is O=C(O)CCC/C=C/C(F)(F)C(F)(F)C(F)(F)C(F)(F)F. The third kappa shape index (κ3) is 4.27. The lowest BCUT2D eigenvalue weighted by molar-refractivity contribution is -0.388. The standard InChI is InChI=1S/C10H9F9O2/c11-7(12,5-3-1-2-4-6(20)21)8(13,14)9(15,16)10(17,18)19/h3,5H,1-2,4H2,(H,20,21)/b5-3+. The molecule has 2 nitrogen and oxygen atoms in total. The molecular formula is C10H9F9O2. The summed E-state index contributed by atoms with van der Waals surface area (Å²) < 4.78 is 111. The molecule has 0 unspecified atom stereocenters. The molecule has 0 fully saturated rings. The van der Waals surface area contributed by atoms with Crippen molar-refractivity contribution in [2.45, 2.75) is 43.2 Å². The fourth-order valence-corrected chi connectivity index (χ4v) is 1.09. The second-order valence-corrected chi connectivity index (χ2v) is 3.96. The van der Waals surface area contributed by atoms with Crippen LogP contribution in [0.4, 0.5) is 39.5 Å². The molecule has 0 heterocycles. The first kappa shape index (κ1) is 19.6. The highest BCUT2D eigenvalue weighted by atomic mass is 19.4. The molecule has 0 atom stereocenters. The Kier molecular flexibility index (Phi) is 5.73. The first-order chi connectivity index (χ1) is 9.17. The number of hydrogen-bond donors (Lipinski definition) is 1. The number of carboxylic acid groups (broad SMARTS) is 1. The Labute approximate surface area is 112 Å². The Morgan fingerprint density at radius 3 is 1.76 bits per heavy atom. The van der Waals surface area contributed by atoms with Crippen LogP contribution in [0, 0.1) is 0 Å². The highest BCUT2D eigenvalue weighted by Gasteiger charge is 2.81. The van der Waals surface area contributed by atoms with Gasteiger partial charge in [0.25, 0.3) is 0 Å². The summed E-state index contributed by atoms with van der Waals surface area (Å²) in [7, 11) is 0. The zero-order valence-corrected chi connectivity index (χ0v) is 10.0. The van der Waals surface area contributed by atoms with Crippen molar-refractivity contribution >= 4 is 5.97 Å². The van der Waals surface area contributed by atoms with Crippen molar-refractivity contribution in [2.75, 3.05) is 0 Å². The number of hydrogen-bond acceptors (Lipinski definition) is 1. The van der Waals surface area contributed by atoms with Crippen molar-refractivity contribution in [1.29, 1.82) is 0 Å². The first-order valence-corrected chi connectivity index (χ1v) is 5.26. The number of carboxylic acids is 1. The van der Waals surface area contributed by atoms with Gasteiger partial charge in [0.05, 0.1) is 0 Å². The molecule has 0 aliphatic rings. The Balaban J connectivity index is 5.04. The zero-order chi connectivity index (χ0) is 17.1. The summed E-state index contributed by atoms with van der Waals surface area (Å²) in [5.74, 6) is -20.7. The van der Waals surface area contributed by atoms with E-state index in [-0.39, 0.29) is 12.5 Å². The van der Waals surface area contributed by atoms with E-state index in [0.717, 1.165) is 0 Å². The molecule has 0 saturated carbocycles.